The molecular weight excluding hydrogens is 363 g/mol. The lowest BCUT2D eigenvalue weighted by Gasteiger charge is -2.08. The van der Waals surface area contributed by atoms with E-state index in [1.165, 1.54) is 6.92 Å². The van der Waals surface area contributed by atoms with Gasteiger partial charge in [0.1, 0.15) is 5.25 Å². The minimum Gasteiger partial charge on any atom is -0.326 e. The average molecular weight is 375 g/mol. The fraction of sp³-hybridized carbons (Fsp3) is 0.231. The molecule has 1 aliphatic heterocycles. The maximum absolute atomic E-state index is 12.0. The number of anilines is 1. The molecule has 0 aromatic heterocycles. The molecule has 0 bridgehead atoms. The molecule has 0 unspecified atom stereocenters. The lowest BCUT2D eigenvalue weighted by Crippen LogP contribution is -2.28. The van der Waals surface area contributed by atoms with Crippen LogP contribution in [0.15, 0.2) is 23.3 Å². The number of halogens is 2. The van der Waals surface area contributed by atoms with E-state index in [0.29, 0.717) is 15.7 Å². The van der Waals surface area contributed by atoms with Gasteiger partial charge < -0.3 is 10.6 Å². The second kappa shape index (κ2) is 7.67. The maximum atomic E-state index is 12.0. The third kappa shape index (κ3) is 5.42. The van der Waals surface area contributed by atoms with Gasteiger partial charge in [0.15, 0.2) is 5.17 Å². The van der Waals surface area contributed by atoms with E-state index >= 15 is 0 Å². The van der Waals surface area contributed by atoms with Gasteiger partial charge in [-0.1, -0.05) is 35.0 Å². The van der Waals surface area contributed by atoms with Gasteiger partial charge in [0.05, 0.1) is 0 Å². The van der Waals surface area contributed by atoms with Gasteiger partial charge in [-0.15, -0.1) is 5.10 Å². The SMILES string of the molecule is CC(=O)N/N=C1\NC(=O)[C@H](CC(=O)Nc2cc(Cl)cc(Cl)c2)S1. The molecule has 0 radical (unpaired) electrons. The number of carbonyl (C=O) groups is 3. The summed E-state index contributed by atoms with van der Waals surface area (Å²) in [6.07, 6.45) is -0.0558. The molecule has 10 heteroatoms. The molecule has 1 atom stereocenters. The first-order valence-corrected chi connectivity index (χ1v) is 8.05. The van der Waals surface area contributed by atoms with Crippen LogP contribution in [0.2, 0.25) is 10.0 Å². The molecule has 1 aromatic carbocycles. The van der Waals surface area contributed by atoms with Crippen molar-refractivity contribution in [3.63, 3.8) is 0 Å². The number of nitrogens with one attached hydrogen (secondary N) is 3. The number of hydrogen-bond donors (Lipinski definition) is 3. The van der Waals surface area contributed by atoms with Crippen LogP contribution in [0.3, 0.4) is 0 Å². The van der Waals surface area contributed by atoms with E-state index in [4.69, 9.17) is 23.2 Å². The smallest absolute Gasteiger partial charge is 0.240 e. The summed E-state index contributed by atoms with van der Waals surface area (Å²) in [7, 11) is 0. The fourth-order valence-corrected chi connectivity index (χ4v) is 3.18. The number of hydrogen-bond acceptors (Lipinski definition) is 5. The van der Waals surface area contributed by atoms with E-state index in [2.05, 4.69) is 21.2 Å². The molecule has 0 spiro atoms. The Kier molecular flexibility index (Phi) is 5.86. The second-order valence-corrected chi connectivity index (χ2v) is 6.66. The second-order valence-electron chi connectivity index (χ2n) is 4.59. The van der Waals surface area contributed by atoms with Crippen LogP contribution in [0.25, 0.3) is 0 Å². The number of rotatable bonds is 4. The third-order valence-corrected chi connectivity index (χ3v) is 4.13. The highest BCUT2D eigenvalue weighted by atomic mass is 35.5. The number of amidine groups is 1. The summed E-state index contributed by atoms with van der Waals surface area (Å²) in [5, 5.41) is 9.23. The molecule has 122 valence electrons. The Morgan fingerprint density at radius 1 is 1.30 bits per heavy atom. The molecule has 0 aliphatic carbocycles. The minimum atomic E-state index is -0.628. The third-order valence-electron chi connectivity index (χ3n) is 2.61. The van der Waals surface area contributed by atoms with Crippen LogP contribution in [-0.4, -0.2) is 28.1 Å². The van der Waals surface area contributed by atoms with Gasteiger partial charge in [0.2, 0.25) is 17.7 Å². The molecule has 2 rings (SSSR count). The zero-order valence-electron chi connectivity index (χ0n) is 11.9. The summed E-state index contributed by atoms with van der Waals surface area (Å²) in [4.78, 5) is 34.6. The van der Waals surface area contributed by atoms with Crippen molar-refractivity contribution in [2.75, 3.05) is 5.32 Å². The highest BCUT2D eigenvalue weighted by Crippen LogP contribution is 2.25. The van der Waals surface area contributed by atoms with E-state index in [-0.39, 0.29) is 29.3 Å². The standard InChI is InChI=1S/C13H12Cl2N4O3S/c1-6(20)18-19-13-17-12(22)10(23-13)5-11(21)16-9-3-7(14)2-8(15)4-9/h2-4,10H,5H2,1H3,(H,16,21)(H,18,20)(H,17,19,22)/t10-/m0/s1. The Bertz CT molecular complexity index is 676. The van der Waals surface area contributed by atoms with Crippen molar-refractivity contribution in [1.82, 2.24) is 10.7 Å². The maximum Gasteiger partial charge on any atom is 0.240 e. The molecule has 0 saturated carbocycles. The van der Waals surface area contributed by atoms with E-state index in [1.54, 1.807) is 18.2 Å². The quantitative estimate of drug-likeness (QED) is 0.701. The monoisotopic (exact) mass is 374 g/mol. The van der Waals surface area contributed by atoms with Gasteiger partial charge in [-0.2, -0.15) is 0 Å². The van der Waals surface area contributed by atoms with Crippen LogP contribution >= 0.6 is 35.0 Å². The van der Waals surface area contributed by atoms with Gasteiger partial charge in [0, 0.05) is 29.1 Å². The van der Waals surface area contributed by atoms with Crippen molar-refractivity contribution >= 4 is 63.5 Å². The lowest BCUT2D eigenvalue weighted by atomic mass is 10.2. The molecule has 7 nitrogen and oxygen atoms in total. The molecule has 3 N–H and O–H groups in total. The Hall–Kier alpha value is -1.77. The Morgan fingerprint density at radius 2 is 1.96 bits per heavy atom. The Morgan fingerprint density at radius 3 is 2.57 bits per heavy atom. The van der Waals surface area contributed by atoms with Gasteiger partial charge in [-0.25, -0.2) is 5.43 Å². The number of nitrogens with zero attached hydrogens (tertiary/aromatic N) is 1. The number of benzene rings is 1. The molecule has 1 heterocycles. The van der Waals surface area contributed by atoms with E-state index < -0.39 is 5.25 Å². The predicted octanol–water partition coefficient (Wildman–Crippen LogP) is 1.96. The molecule has 1 aromatic rings. The van der Waals surface area contributed by atoms with Crippen LogP contribution in [0.1, 0.15) is 13.3 Å². The Labute approximate surface area is 146 Å². The number of carbonyl (C=O) groups excluding carboxylic acids is 3. The van der Waals surface area contributed by atoms with E-state index in [9.17, 15) is 14.4 Å². The van der Waals surface area contributed by atoms with Crippen molar-refractivity contribution in [2.24, 2.45) is 5.10 Å². The highest BCUT2D eigenvalue weighted by molar-refractivity contribution is 8.15. The molecule has 1 fully saturated rings. The van der Waals surface area contributed by atoms with Crippen LogP contribution in [-0.2, 0) is 14.4 Å². The molecular formula is C13H12Cl2N4O3S. The van der Waals surface area contributed by atoms with Gasteiger partial charge >= 0.3 is 0 Å². The zero-order chi connectivity index (χ0) is 17.0. The molecule has 1 aliphatic rings. The highest BCUT2D eigenvalue weighted by Gasteiger charge is 2.32. The summed E-state index contributed by atoms with van der Waals surface area (Å²) in [5.41, 5.74) is 2.67. The van der Waals surface area contributed by atoms with Crippen molar-refractivity contribution in [2.45, 2.75) is 18.6 Å². The summed E-state index contributed by atoms with van der Waals surface area (Å²) in [6.45, 7) is 1.30. The summed E-state index contributed by atoms with van der Waals surface area (Å²) >= 11 is 12.8. The normalized spacial score (nSPS) is 18.7. The van der Waals surface area contributed by atoms with Gasteiger partial charge in [-0.05, 0) is 18.2 Å². The topological polar surface area (TPSA) is 99.7 Å². The number of amides is 3. The summed E-state index contributed by atoms with van der Waals surface area (Å²) in [5.74, 6) is -1.07. The lowest BCUT2D eigenvalue weighted by molar-refractivity contribution is -0.122. The fourth-order valence-electron chi connectivity index (χ4n) is 1.73. The van der Waals surface area contributed by atoms with Gasteiger partial charge in [0.25, 0.3) is 0 Å². The average Bonchev–Trinajstić information content (AvgIpc) is 2.75. The van der Waals surface area contributed by atoms with Crippen LogP contribution in [0, 0.1) is 0 Å². The van der Waals surface area contributed by atoms with Crippen molar-refractivity contribution < 1.29 is 14.4 Å². The summed E-state index contributed by atoms with van der Waals surface area (Å²) < 4.78 is 0. The van der Waals surface area contributed by atoms with Crippen molar-refractivity contribution in [3.8, 4) is 0 Å². The first kappa shape index (κ1) is 17.6. The van der Waals surface area contributed by atoms with Crippen LogP contribution < -0.4 is 16.1 Å². The first-order chi connectivity index (χ1) is 10.8. The first-order valence-electron chi connectivity index (χ1n) is 6.41. The van der Waals surface area contributed by atoms with E-state index in [1.807, 2.05) is 0 Å². The largest absolute Gasteiger partial charge is 0.326 e. The minimum absolute atomic E-state index is 0.0558. The Balaban J connectivity index is 1.94. The van der Waals surface area contributed by atoms with E-state index in [0.717, 1.165) is 11.8 Å². The van der Waals surface area contributed by atoms with Gasteiger partial charge in [-0.3, -0.25) is 14.4 Å². The predicted molar refractivity (Wildman–Crippen MR) is 90.5 cm³/mol. The molecule has 1 saturated heterocycles. The number of thioether (sulfide) groups is 1. The summed E-state index contributed by atoms with van der Waals surface area (Å²) in [6, 6.07) is 4.65. The van der Waals surface area contributed by atoms with Crippen molar-refractivity contribution in [1.29, 1.82) is 0 Å². The number of hydrazone groups is 1. The molecule has 3 amide bonds. The zero-order valence-corrected chi connectivity index (χ0v) is 14.2. The van der Waals surface area contributed by atoms with Crippen LogP contribution in [0.4, 0.5) is 5.69 Å². The van der Waals surface area contributed by atoms with Crippen molar-refractivity contribution in [3.05, 3.63) is 28.2 Å². The molecule has 23 heavy (non-hydrogen) atoms. The van der Waals surface area contributed by atoms with Crippen LogP contribution in [0.5, 0.6) is 0 Å².